The number of nitrogens with one attached hydrogen (secondary N) is 2. The average molecular weight is 321 g/mol. The van der Waals surface area contributed by atoms with Gasteiger partial charge in [0.15, 0.2) is 6.61 Å². The van der Waals surface area contributed by atoms with Crippen molar-refractivity contribution in [1.82, 2.24) is 10.6 Å². The number of hydrogen-bond acceptors (Lipinski definition) is 5. The highest BCUT2D eigenvalue weighted by atomic mass is 16.5. The minimum Gasteiger partial charge on any atom is -0.452 e. The SMILES string of the molecule is CC[C@H](C)NC(=O)NC(=O)COC(=O)c1ccc(N(C)C)cc1. The van der Waals surface area contributed by atoms with Gasteiger partial charge >= 0.3 is 12.0 Å². The van der Waals surface area contributed by atoms with E-state index in [1.807, 2.05) is 32.8 Å². The maximum Gasteiger partial charge on any atom is 0.338 e. The molecule has 0 fully saturated rings. The summed E-state index contributed by atoms with van der Waals surface area (Å²) >= 11 is 0. The molecule has 2 N–H and O–H groups in total. The van der Waals surface area contributed by atoms with Gasteiger partial charge in [-0.15, -0.1) is 0 Å². The second-order valence-corrected chi connectivity index (χ2v) is 5.35. The first kappa shape index (κ1) is 18.5. The number of nitrogens with zero attached hydrogens (tertiary/aromatic N) is 1. The summed E-state index contributed by atoms with van der Waals surface area (Å²) in [5, 5.41) is 4.68. The van der Waals surface area contributed by atoms with E-state index >= 15 is 0 Å². The topological polar surface area (TPSA) is 87.7 Å². The number of urea groups is 1. The lowest BCUT2D eigenvalue weighted by atomic mass is 10.2. The number of anilines is 1. The maximum absolute atomic E-state index is 11.8. The van der Waals surface area contributed by atoms with Crippen molar-refractivity contribution in [3.8, 4) is 0 Å². The van der Waals surface area contributed by atoms with E-state index in [2.05, 4.69) is 10.6 Å². The monoisotopic (exact) mass is 321 g/mol. The number of carbonyl (C=O) groups excluding carboxylic acids is 3. The van der Waals surface area contributed by atoms with Crippen molar-refractivity contribution in [2.24, 2.45) is 0 Å². The molecule has 0 spiro atoms. The van der Waals surface area contributed by atoms with Crippen molar-refractivity contribution in [3.05, 3.63) is 29.8 Å². The zero-order chi connectivity index (χ0) is 17.4. The molecule has 0 unspecified atom stereocenters. The molecule has 1 atom stereocenters. The summed E-state index contributed by atoms with van der Waals surface area (Å²) in [4.78, 5) is 36.7. The van der Waals surface area contributed by atoms with Crippen LogP contribution in [0.3, 0.4) is 0 Å². The van der Waals surface area contributed by atoms with E-state index in [0.717, 1.165) is 12.1 Å². The lowest BCUT2D eigenvalue weighted by Gasteiger charge is -2.13. The molecule has 0 saturated carbocycles. The number of imide groups is 1. The number of amides is 3. The van der Waals surface area contributed by atoms with Crippen molar-refractivity contribution < 1.29 is 19.1 Å². The minimum absolute atomic E-state index is 0.0411. The van der Waals surface area contributed by atoms with Crippen LogP contribution < -0.4 is 15.5 Å². The second-order valence-electron chi connectivity index (χ2n) is 5.35. The number of rotatable bonds is 6. The Morgan fingerprint density at radius 3 is 2.30 bits per heavy atom. The van der Waals surface area contributed by atoms with Crippen LogP contribution in [0.5, 0.6) is 0 Å². The van der Waals surface area contributed by atoms with E-state index in [-0.39, 0.29) is 6.04 Å². The van der Waals surface area contributed by atoms with E-state index in [1.54, 1.807) is 24.3 Å². The first-order valence-corrected chi connectivity index (χ1v) is 7.38. The molecule has 0 aliphatic rings. The van der Waals surface area contributed by atoms with Gasteiger partial charge in [-0.3, -0.25) is 10.1 Å². The third-order valence-electron chi connectivity index (χ3n) is 3.20. The summed E-state index contributed by atoms with van der Waals surface area (Å²) in [6.07, 6.45) is 0.750. The van der Waals surface area contributed by atoms with Gasteiger partial charge in [-0.2, -0.15) is 0 Å². The standard InChI is InChI=1S/C16H23N3O4/c1-5-11(2)17-16(22)18-14(20)10-23-15(21)12-6-8-13(9-7-12)19(3)4/h6-9,11H,5,10H2,1-4H3,(H2,17,18,20,22)/t11-/m0/s1. The Labute approximate surface area is 136 Å². The number of hydrogen-bond donors (Lipinski definition) is 2. The molecule has 3 amide bonds. The van der Waals surface area contributed by atoms with Crippen LogP contribution in [0.4, 0.5) is 10.5 Å². The van der Waals surface area contributed by atoms with E-state index in [0.29, 0.717) is 5.56 Å². The molecule has 1 rings (SSSR count). The molecule has 0 aliphatic carbocycles. The van der Waals surface area contributed by atoms with Crippen LogP contribution >= 0.6 is 0 Å². The molecule has 0 radical (unpaired) electrons. The van der Waals surface area contributed by atoms with Gasteiger partial charge in [-0.05, 0) is 37.6 Å². The number of esters is 1. The van der Waals surface area contributed by atoms with Crippen LogP contribution in [0.25, 0.3) is 0 Å². The summed E-state index contributed by atoms with van der Waals surface area (Å²) in [5.41, 5.74) is 1.29. The molecule has 126 valence electrons. The van der Waals surface area contributed by atoms with Crippen LogP contribution in [0.2, 0.25) is 0 Å². The predicted octanol–water partition coefficient (Wildman–Crippen LogP) is 1.53. The first-order valence-electron chi connectivity index (χ1n) is 7.38. The lowest BCUT2D eigenvalue weighted by molar-refractivity contribution is -0.123. The predicted molar refractivity (Wildman–Crippen MR) is 87.5 cm³/mol. The van der Waals surface area contributed by atoms with E-state index in [1.165, 1.54) is 0 Å². The highest BCUT2D eigenvalue weighted by molar-refractivity contribution is 5.97. The lowest BCUT2D eigenvalue weighted by Crippen LogP contribution is -2.44. The quantitative estimate of drug-likeness (QED) is 0.776. The van der Waals surface area contributed by atoms with Crippen LogP contribution in [-0.2, 0) is 9.53 Å². The Kier molecular flexibility index (Phi) is 7.05. The minimum atomic E-state index is -0.677. The van der Waals surface area contributed by atoms with Crippen LogP contribution in [-0.4, -0.2) is 44.7 Å². The van der Waals surface area contributed by atoms with Crippen LogP contribution in [0, 0.1) is 0 Å². The highest BCUT2D eigenvalue weighted by Crippen LogP contribution is 2.12. The summed E-state index contributed by atoms with van der Waals surface area (Å²) in [6.45, 7) is 3.22. The largest absolute Gasteiger partial charge is 0.452 e. The van der Waals surface area contributed by atoms with Crippen molar-refractivity contribution in [1.29, 1.82) is 0 Å². The van der Waals surface area contributed by atoms with Crippen molar-refractivity contribution in [2.75, 3.05) is 25.6 Å². The van der Waals surface area contributed by atoms with E-state index in [4.69, 9.17) is 4.74 Å². The Morgan fingerprint density at radius 1 is 1.17 bits per heavy atom. The third kappa shape index (κ3) is 6.37. The van der Waals surface area contributed by atoms with Gasteiger partial charge < -0.3 is 15.0 Å². The molecule has 7 heteroatoms. The smallest absolute Gasteiger partial charge is 0.338 e. The third-order valence-corrected chi connectivity index (χ3v) is 3.20. The summed E-state index contributed by atoms with van der Waals surface area (Å²) in [5.74, 6) is -1.29. The Bertz CT molecular complexity index is 555. The highest BCUT2D eigenvalue weighted by Gasteiger charge is 2.13. The molecule has 7 nitrogen and oxygen atoms in total. The molecule has 1 aromatic rings. The molecular weight excluding hydrogens is 298 g/mol. The molecule has 0 aliphatic heterocycles. The molecule has 0 aromatic heterocycles. The molecule has 1 aromatic carbocycles. The first-order chi connectivity index (χ1) is 10.8. The van der Waals surface area contributed by atoms with Gasteiger partial charge in [0.05, 0.1) is 5.56 Å². The maximum atomic E-state index is 11.8. The Balaban J connectivity index is 2.43. The van der Waals surface area contributed by atoms with Crippen LogP contribution in [0.1, 0.15) is 30.6 Å². The van der Waals surface area contributed by atoms with Crippen molar-refractivity contribution >= 4 is 23.6 Å². The summed E-state index contributed by atoms with van der Waals surface area (Å²) in [7, 11) is 3.78. The molecule has 23 heavy (non-hydrogen) atoms. The van der Waals surface area contributed by atoms with Gasteiger partial charge in [0.25, 0.3) is 5.91 Å². The molecule has 0 heterocycles. The van der Waals surface area contributed by atoms with E-state index in [9.17, 15) is 14.4 Å². The number of ether oxygens (including phenoxy) is 1. The van der Waals surface area contributed by atoms with Gasteiger partial charge in [0.1, 0.15) is 0 Å². The number of benzene rings is 1. The van der Waals surface area contributed by atoms with Crippen LogP contribution in [0.15, 0.2) is 24.3 Å². The zero-order valence-corrected chi connectivity index (χ0v) is 13.9. The second kappa shape index (κ2) is 8.77. The molecule has 0 saturated heterocycles. The molecular formula is C16H23N3O4. The van der Waals surface area contributed by atoms with Crippen molar-refractivity contribution in [3.63, 3.8) is 0 Å². The number of carbonyl (C=O) groups is 3. The average Bonchev–Trinajstić information content (AvgIpc) is 2.52. The summed E-state index contributed by atoms with van der Waals surface area (Å²) in [6, 6.07) is 6.14. The van der Waals surface area contributed by atoms with Gasteiger partial charge in [-0.25, -0.2) is 9.59 Å². The fourth-order valence-corrected chi connectivity index (χ4v) is 1.63. The van der Waals surface area contributed by atoms with Gasteiger partial charge in [0.2, 0.25) is 0 Å². The van der Waals surface area contributed by atoms with Gasteiger partial charge in [0, 0.05) is 25.8 Å². The normalized spacial score (nSPS) is 11.3. The van der Waals surface area contributed by atoms with Crippen molar-refractivity contribution in [2.45, 2.75) is 26.3 Å². The zero-order valence-electron chi connectivity index (χ0n) is 13.9. The fraction of sp³-hybridized carbons (Fsp3) is 0.438. The summed E-state index contributed by atoms with van der Waals surface area (Å²) < 4.78 is 4.88. The molecule has 0 bridgehead atoms. The Hall–Kier alpha value is -2.57. The van der Waals surface area contributed by atoms with Gasteiger partial charge in [-0.1, -0.05) is 6.92 Å². The fourth-order valence-electron chi connectivity index (χ4n) is 1.63. The Morgan fingerprint density at radius 2 is 1.78 bits per heavy atom. The van der Waals surface area contributed by atoms with E-state index < -0.39 is 24.5 Å².